The van der Waals surface area contributed by atoms with E-state index in [1.165, 1.54) is 25.3 Å². The van der Waals surface area contributed by atoms with Gasteiger partial charge in [-0.15, -0.1) is 0 Å². The molecule has 0 fully saturated rings. The number of benzene rings is 2. The molecule has 0 bridgehead atoms. The monoisotopic (exact) mass is 532 g/mol. The summed E-state index contributed by atoms with van der Waals surface area (Å²) >= 11 is 3.11. The summed E-state index contributed by atoms with van der Waals surface area (Å²) < 4.78 is 7.84. The van der Waals surface area contributed by atoms with Crippen LogP contribution in [0.4, 0.5) is 0 Å². The molecule has 4 heteroatoms. The fourth-order valence-corrected chi connectivity index (χ4v) is 5.79. The summed E-state index contributed by atoms with van der Waals surface area (Å²) in [4.78, 5) is 0. The van der Waals surface area contributed by atoms with Crippen LogP contribution >= 0.6 is 22.6 Å². The first kappa shape index (κ1) is 21.0. The molecule has 2 aromatic carbocycles. The molecule has 0 aliphatic rings. The Bertz CT molecular complexity index is 680. The molecule has 0 N–H and O–H groups in total. The first-order valence-electron chi connectivity index (χ1n) is 8.78. The standard InChI is InChI=1S/C21H29IOSeSi/c1-21(2,3)25(4,5)23-19-11-12-20(22)18(15-19)13-14-24-16-17-9-7-6-8-10-17/h6-12,15H,13-14,16H2,1-5H3. The molecule has 0 atom stereocenters. The predicted molar refractivity (Wildman–Crippen MR) is 121 cm³/mol. The second kappa shape index (κ2) is 9.07. The van der Waals surface area contributed by atoms with E-state index in [9.17, 15) is 0 Å². The maximum atomic E-state index is 6.48. The van der Waals surface area contributed by atoms with Crippen LogP contribution in [-0.2, 0) is 11.7 Å². The van der Waals surface area contributed by atoms with Crippen LogP contribution in [0.5, 0.6) is 5.75 Å². The summed E-state index contributed by atoms with van der Waals surface area (Å²) in [7, 11) is -1.77. The molecule has 25 heavy (non-hydrogen) atoms. The van der Waals surface area contributed by atoms with E-state index in [1.807, 2.05) is 0 Å². The van der Waals surface area contributed by atoms with Gasteiger partial charge in [0.05, 0.1) is 0 Å². The summed E-state index contributed by atoms with van der Waals surface area (Å²) in [5.74, 6) is 1.05. The van der Waals surface area contributed by atoms with Crippen molar-refractivity contribution in [1.82, 2.24) is 0 Å². The SMILES string of the molecule is CC(C)(C)[Si](C)(C)Oc1ccc(I)c(CC[Se]Cc2ccccc2)c1. The normalized spacial score (nSPS) is 12.2. The van der Waals surface area contributed by atoms with E-state index in [-0.39, 0.29) is 5.04 Å². The molecule has 2 rings (SSSR count). The first-order chi connectivity index (χ1) is 11.7. The van der Waals surface area contributed by atoms with Gasteiger partial charge in [-0.1, -0.05) is 0 Å². The molecule has 0 aliphatic carbocycles. The Morgan fingerprint density at radius 1 is 1.04 bits per heavy atom. The molecule has 2 aromatic rings. The van der Waals surface area contributed by atoms with Crippen molar-refractivity contribution in [3.63, 3.8) is 0 Å². The molecule has 0 unspecified atom stereocenters. The van der Waals surface area contributed by atoms with Crippen molar-refractivity contribution in [3.05, 3.63) is 63.2 Å². The molecule has 0 radical (unpaired) electrons. The van der Waals surface area contributed by atoms with Crippen LogP contribution in [0.2, 0.25) is 23.5 Å². The van der Waals surface area contributed by atoms with Gasteiger partial charge in [-0.3, -0.25) is 0 Å². The van der Waals surface area contributed by atoms with Gasteiger partial charge in [-0.2, -0.15) is 0 Å². The van der Waals surface area contributed by atoms with E-state index in [0.717, 1.165) is 12.2 Å². The molecule has 0 saturated carbocycles. The van der Waals surface area contributed by atoms with Crippen molar-refractivity contribution in [2.75, 3.05) is 0 Å². The summed E-state index contributed by atoms with van der Waals surface area (Å²) in [6.07, 6.45) is 1.15. The number of aryl methyl sites for hydroxylation is 1. The van der Waals surface area contributed by atoms with Gasteiger partial charge in [0.1, 0.15) is 0 Å². The molecule has 0 heterocycles. The van der Waals surface area contributed by atoms with Crippen molar-refractivity contribution < 1.29 is 4.43 Å². The second-order valence-electron chi connectivity index (χ2n) is 7.90. The van der Waals surface area contributed by atoms with Crippen molar-refractivity contribution in [2.45, 2.75) is 56.0 Å². The number of hydrogen-bond acceptors (Lipinski definition) is 1. The van der Waals surface area contributed by atoms with Crippen LogP contribution in [0.3, 0.4) is 0 Å². The van der Waals surface area contributed by atoms with E-state index in [4.69, 9.17) is 4.43 Å². The van der Waals surface area contributed by atoms with Gasteiger partial charge < -0.3 is 0 Å². The summed E-state index contributed by atoms with van der Waals surface area (Å²) in [5.41, 5.74) is 2.90. The van der Waals surface area contributed by atoms with Gasteiger partial charge in [0.2, 0.25) is 0 Å². The topological polar surface area (TPSA) is 9.23 Å². The van der Waals surface area contributed by atoms with Gasteiger partial charge in [0.15, 0.2) is 0 Å². The van der Waals surface area contributed by atoms with Crippen molar-refractivity contribution >= 4 is 45.9 Å². The average molecular weight is 531 g/mol. The van der Waals surface area contributed by atoms with Crippen LogP contribution < -0.4 is 4.43 Å². The van der Waals surface area contributed by atoms with E-state index in [2.05, 4.69) is 105 Å². The Kier molecular flexibility index (Phi) is 7.62. The molecule has 1 nitrogen and oxygen atoms in total. The zero-order valence-corrected chi connectivity index (χ0v) is 20.8. The van der Waals surface area contributed by atoms with Gasteiger partial charge in [-0.05, 0) is 0 Å². The van der Waals surface area contributed by atoms with Crippen molar-refractivity contribution in [1.29, 1.82) is 0 Å². The van der Waals surface area contributed by atoms with Gasteiger partial charge >= 0.3 is 175 Å². The Morgan fingerprint density at radius 3 is 2.36 bits per heavy atom. The molecule has 0 amide bonds. The van der Waals surface area contributed by atoms with Crippen LogP contribution in [-0.4, -0.2) is 23.3 Å². The van der Waals surface area contributed by atoms with Gasteiger partial charge in [0, 0.05) is 0 Å². The predicted octanol–water partition coefficient (Wildman–Crippen LogP) is 6.54. The third kappa shape index (κ3) is 6.42. The van der Waals surface area contributed by atoms with E-state index >= 15 is 0 Å². The van der Waals surface area contributed by atoms with Gasteiger partial charge in [-0.25, -0.2) is 0 Å². The number of hydrogen-bond donors (Lipinski definition) is 0. The molecule has 0 aliphatic heterocycles. The number of halogens is 1. The van der Waals surface area contributed by atoms with Crippen LogP contribution in [0.25, 0.3) is 0 Å². The minimum absolute atomic E-state index is 0.231. The van der Waals surface area contributed by atoms with Gasteiger partial charge in [0.25, 0.3) is 0 Å². The van der Waals surface area contributed by atoms with Crippen LogP contribution in [0, 0.1) is 3.57 Å². The second-order valence-corrected chi connectivity index (χ2v) is 16.1. The fraction of sp³-hybridized carbons (Fsp3) is 0.429. The molecular weight excluding hydrogens is 502 g/mol. The quantitative estimate of drug-likeness (QED) is 0.224. The zero-order valence-electron chi connectivity index (χ0n) is 15.9. The fourth-order valence-electron chi connectivity index (χ4n) is 2.20. The van der Waals surface area contributed by atoms with Crippen molar-refractivity contribution in [2.24, 2.45) is 0 Å². The Morgan fingerprint density at radius 2 is 1.72 bits per heavy atom. The van der Waals surface area contributed by atoms with Crippen LogP contribution in [0.15, 0.2) is 48.5 Å². The van der Waals surface area contributed by atoms with E-state index in [0.29, 0.717) is 15.0 Å². The zero-order chi connectivity index (χ0) is 18.5. The third-order valence-electron chi connectivity index (χ3n) is 4.82. The van der Waals surface area contributed by atoms with E-state index in [1.54, 1.807) is 0 Å². The Balaban J connectivity index is 1.95. The maximum absolute atomic E-state index is 6.48. The summed E-state index contributed by atoms with van der Waals surface area (Å²) in [6.45, 7) is 11.5. The average Bonchev–Trinajstić information content (AvgIpc) is 2.54. The summed E-state index contributed by atoms with van der Waals surface area (Å²) in [5, 5.41) is 2.74. The molecule has 0 aromatic heterocycles. The minimum atomic E-state index is -1.77. The molecular formula is C21H29IOSeSi. The van der Waals surface area contributed by atoms with Crippen LogP contribution in [0.1, 0.15) is 31.9 Å². The Hall–Kier alpha value is -0.294. The third-order valence-corrected chi connectivity index (χ3v) is 12.4. The molecule has 0 spiro atoms. The molecule has 0 saturated heterocycles. The Labute approximate surface area is 174 Å². The first-order valence-corrected chi connectivity index (χ1v) is 15.2. The number of rotatable bonds is 7. The van der Waals surface area contributed by atoms with E-state index < -0.39 is 8.32 Å². The molecule has 136 valence electrons. The van der Waals surface area contributed by atoms with Crippen molar-refractivity contribution in [3.8, 4) is 5.75 Å². The summed E-state index contributed by atoms with van der Waals surface area (Å²) in [6, 6.07) is 17.5.